The van der Waals surface area contributed by atoms with Crippen LogP contribution in [0.5, 0.6) is 11.5 Å². The Bertz CT molecular complexity index is 565. The Kier molecular flexibility index (Phi) is 3.20. The Morgan fingerprint density at radius 3 is 2.56 bits per heavy atom. The van der Waals surface area contributed by atoms with E-state index in [1.54, 1.807) is 6.07 Å². The number of phenolic OH excluding ortho intramolecular Hbond substituents is 2. The molecule has 0 saturated heterocycles. The monoisotopic (exact) mass is 248 g/mol. The molecule has 6 nitrogen and oxygen atoms in total. The zero-order chi connectivity index (χ0) is 13.3. The summed E-state index contributed by atoms with van der Waals surface area (Å²) in [5, 5.41) is 26.6. The minimum absolute atomic E-state index is 0.137. The maximum Gasteiger partial charge on any atom is 0.157 e. The van der Waals surface area contributed by atoms with E-state index in [2.05, 4.69) is 10.2 Å². The van der Waals surface area contributed by atoms with Gasteiger partial charge < -0.3 is 20.5 Å². The van der Waals surface area contributed by atoms with Gasteiger partial charge in [-0.05, 0) is 31.0 Å². The van der Waals surface area contributed by atoms with Crippen LogP contribution in [0.2, 0.25) is 0 Å². The Labute approximate surface area is 105 Å². The van der Waals surface area contributed by atoms with Crippen molar-refractivity contribution in [2.75, 3.05) is 0 Å². The molecule has 0 aliphatic rings. The Morgan fingerprint density at radius 1 is 1.28 bits per heavy atom. The molecule has 0 amide bonds. The number of hydrogen-bond donors (Lipinski definition) is 3. The van der Waals surface area contributed by atoms with Crippen LogP contribution in [0.3, 0.4) is 0 Å². The molecule has 0 bridgehead atoms. The van der Waals surface area contributed by atoms with Gasteiger partial charge in [0.05, 0.1) is 6.04 Å². The van der Waals surface area contributed by atoms with Crippen molar-refractivity contribution in [2.24, 2.45) is 12.8 Å². The average Bonchev–Trinajstić information content (AvgIpc) is 2.65. The van der Waals surface area contributed by atoms with E-state index in [4.69, 9.17) is 5.73 Å². The summed E-state index contributed by atoms with van der Waals surface area (Å²) < 4.78 is 1.84. The van der Waals surface area contributed by atoms with E-state index < -0.39 is 0 Å². The van der Waals surface area contributed by atoms with Crippen molar-refractivity contribution in [1.29, 1.82) is 0 Å². The van der Waals surface area contributed by atoms with Crippen LogP contribution in [0.1, 0.15) is 23.3 Å². The summed E-state index contributed by atoms with van der Waals surface area (Å²) in [7, 11) is 1.86. The van der Waals surface area contributed by atoms with Crippen molar-refractivity contribution in [1.82, 2.24) is 14.8 Å². The molecule has 18 heavy (non-hydrogen) atoms. The molecule has 1 unspecified atom stereocenters. The van der Waals surface area contributed by atoms with Crippen LogP contribution in [0, 0.1) is 6.92 Å². The number of aromatic nitrogens is 3. The van der Waals surface area contributed by atoms with E-state index in [1.807, 2.05) is 18.5 Å². The SMILES string of the molecule is Cc1nnc(C(N)Cc2ccc(O)c(O)c2)n1C. The fourth-order valence-corrected chi connectivity index (χ4v) is 1.79. The number of rotatable bonds is 3. The first-order valence-corrected chi connectivity index (χ1v) is 5.61. The molecule has 0 fully saturated rings. The Balaban J connectivity index is 2.18. The highest BCUT2D eigenvalue weighted by molar-refractivity contribution is 5.40. The van der Waals surface area contributed by atoms with Gasteiger partial charge in [0.25, 0.3) is 0 Å². The second-order valence-corrected chi connectivity index (χ2v) is 4.30. The highest BCUT2D eigenvalue weighted by Gasteiger charge is 2.15. The summed E-state index contributed by atoms with van der Waals surface area (Å²) in [4.78, 5) is 0. The molecule has 1 heterocycles. The Hall–Kier alpha value is -2.08. The molecule has 0 radical (unpaired) electrons. The second-order valence-electron chi connectivity index (χ2n) is 4.30. The van der Waals surface area contributed by atoms with Crippen LogP contribution in [-0.4, -0.2) is 25.0 Å². The summed E-state index contributed by atoms with van der Waals surface area (Å²) in [6.07, 6.45) is 0.514. The maximum absolute atomic E-state index is 9.42. The molecule has 2 aromatic rings. The molecule has 96 valence electrons. The van der Waals surface area contributed by atoms with E-state index in [9.17, 15) is 10.2 Å². The van der Waals surface area contributed by atoms with Crippen LogP contribution in [0.4, 0.5) is 0 Å². The normalized spacial score (nSPS) is 12.6. The number of aromatic hydroxyl groups is 2. The minimum Gasteiger partial charge on any atom is -0.504 e. The number of nitrogens with zero attached hydrogens (tertiary/aromatic N) is 3. The third-order valence-electron chi connectivity index (χ3n) is 2.95. The third kappa shape index (κ3) is 2.28. The molecule has 2 rings (SSSR count). The van der Waals surface area contributed by atoms with Gasteiger partial charge in [0.15, 0.2) is 11.5 Å². The van der Waals surface area contributed by atoms with E-state index in [-0.39, 0.29) is 17.5 Å². The third-order valence-corrected chi connectivity index (χ3v) is 2.95. The lowest BCUT2D eigenvalue weighted by Crippen LogP contribution is -2.18. The second kappa shape index (κ2) is 4.66. The molecule has 1 aromatic heterocycles. The summed E-state index contributed by atoms with van der Waals surface area (Å²) in [6.45, 7) is 1.86. The Morgan fingerprint density at radius 2 is 2.00 bits per heavy atom. The van der Waals surface area contributed by atoms with Gasteiger partial charge >= 0.3 is 0 Å². The first-order valence-electron chi connectivity index (χ1n) is 5.61. The number of aryl methyl sites for hydroxylation is 1. The smallest absolute Gasteiger partial charge is 0.157 e. The van der Waals surface area contributed by atoms with Gasteiger partial charge in [-0.2, -0.15) is 0 Å². The minimum atomic E-state index is -0.305. The van der Waals surface area contributed by atoms with Gasteiger partial charge in [-0.3, -0.25) is 0 Å². The molecule has 6 heteroatoms. The van der Waals surface area contributed by atoms with Crippen molar-refractivity contribution < 1.29 is 10.2 Å². The van der Waals surface area contributed by atoms with E-state index in [0.717, 1.165) is 11.4 Å². The standard InChI is InChI=1S/C12H16N4O2/c1-7-14-15-12(16(7)2)9(13)5-8-3-4-10(17)11(18)6-8/h3-4,6,9,17-18H,5,13H2,1-2H3. The highest BCUT2D eigenvalue weighted by Crippen LogP contribution is 2.26. The lowest BCUT2D eigenvalue weighted by molar-refractivity contribution is 0.403. The number of phenols is 2. The first kappa shape index (κ1) is 12.4. The molecule has 1 aromatic carbocycles. The lowest BCUT2D eigenvalue weighted by atomic mass is 10.1. The van der Waals surface area contributed by atoms with Crippen molar-refractivity contribution >= 4 is 0 Å². The molecule has 0 aliphatic heterocycles. The number of benzene rings is 1. The average molecular weight is 248 g/mol. The zero-order valence-electron chi connectivity index (χ0n) is 10.3. The molecule has 0 spiro atoms. The first-order chi connectivity index (χ1) is 8.49. The van der Waals surface area contributed by atoms with Gasteiger partial charge in [0.1, 0.15) is 11.6 Å². The van der Waals surface area contributed by atoms with Crippen LogP contribution < -0.4 is 5.73 Å². The molecular formula is C12H16N4O2. The number of nitrogens with two attached hydrogens (primary N) is 1. The number of hydrogen-bond acceptors (Lipinski definition) is 5. The van der Waals surface area contributed by atoms with Gasteiger partial charge in [0, 0.05) is 7.05 Å². The summed E-state index contributed by atoms with van der Waals surface area (Å²) in [5.41, 5.74) is 6.89. The quantitative estimate of drug-likeness (QED) is 0.697. The van der Waals surface area contributed by atoms with E-state index in [0.29, 0.717) is 12.2 Å². The summed E-state index contributed by atoms with van der Waals surface area (Å²) in [5.74, 6) is 1.21. The molecular weight excluding hydrogens is 232 g/mol. The lowest BCUT2D eigenvalue weighted by Gasteiger charge is -2.11. The fourth-order valence-electron chi connectivity index (χ4n) is 1.79. The topological polar surface area (TPSA) is 97.2 Å². The highest BCUT2D eigenvalue weighted by atomic mass is 16.3. The predicted molar refractivity (Wildman–Crippen MR) is 66.1 cm³/mol. The van der Waals surface area contributed by atoms with Gasteiger partial charge in [-0.25, -0.2) is 0 Å². The molecule has 0 saturated carbocycles. The van der Waals surface area contributed by atoms with Gasteiger partial charge in [-0.1, -0.05) is 6.07 Å². The van der Waals surface area contributed by atoms with Crippen LogP contribution in [0.15, 0.2) is 18.2 Å². The zero-order valence-corrected chi connectivity index (χ0v) is 10.3. The molecule has 1 atom stereocenters. The van der Waals surface area contributed by atoms with Crippen molar-refractivity contribution in [2.45, 2.75) is 19.4 Å². The van der Waals surface area contributed by atoms with E-state index in [1.165, 1.54) is 12.1 Å². The van der Waals surface area contributed by atoms with Crippen molar-refractivity contribution in [3.05, 3.63) is 35.4 Å². The molecule has 4 N–H and O–H groups in total. The van der Waals surface area contributed by atoms with Crippen LogP contribution in [0.25, 0.3) is 0 Å². The van der Waals surface area contributed by atoms with Crippen LogP contribution >= 0.6 is 0 Å². The summed E-state index contributed by atoms with van der Waals surface area (Å²) >= 11 is 0. The van der Waals surface area contributed by atoms with Gasteiger partial charge in [0.2, 0.25) is 0 Å². The maximum atomic E-state index is 9.42. The predicted octanol–water partition coefficient (Wildman–Crippen LogP) is 0.777. The fraction of sp³-hybridized carbons (Fsp3) is 0.333. The molecule has 0 aliphatic carbocycles. The van der Waals surface area contributed by atoms with Crippen molar-refractivity contribution in [3.8, 4) is 11.5 Å². The van der Waals surface area contributed by atoms with Crippen molar-refractivity contribution in [3.63, 3.8) is 0 Å². The summed E-state index contributed by atoms with van der Waals surface area (Å²) in [6, 6.07) is 4.36. The van der Waals surface area contributed by atoms with E-state index >= 15 is 0 Å². The van der Waals surface area contributed by atoms with Crippen LogP contribution in [-0.2, 0) is 13.5 Å². The van der Waals surface area contributed by atoms with Gasteiger partial charge in [-0.15, -0.1) is 10.2 Å². The largest absolute Gasteiger partial charge is 0.504 e.